The maximum Gasteiger partial charge on any atom is 0.471 e. The number of halogens is 3. The second-order valence-electron chi connectivity index (χ2n) is 4.13. The maximum absolute atomic E-state index is 12.4. The van der Waals surface area contributed by atoms with Crippen LogP contribution in [0, 0.1) is 0 Å². The Labute approximate surface area is 104 Å². The normalized spacial score (nSPS) is 13.2. The molecule has 1 atom stereocenters. The highest BCUT2D eigenvalue weighted by atomic mass is 19.4. The molecule has 1 amide bonds. The van der Waals surface area contributed by atoms with Gasteiger partial charge in [0.15, 0.2) is 0 Å². The lowest BCUT2D eigenvalue weighted by Crippen LogP contribution is -2.46. The molecule has 0 fully saturated rings. The van der Waals surface area contributed by atoms with Crippen LogP contribution >= 0.6 is 0 Å². The Morgan fingerprint density at radius 2 is 1.83 bits per heavy atom. The first-order valence-corrected chi connectivity index (χ1v) is 5.78. The monoisotopic (exact) mass is 259 g/mol. The van der Waals surface area contributed by atoms with Crippen LogP contribution in [0.5, 0.6) is 0 Å². The number of hydrogen-bond donors (Lipinski definition) is 0. The summed E-state index contributed by atoms with van der Waals surface area (Å²) in [5.41, 5.74) is 0.915. The second kappa shape index (κ2) is 5.89. The van der Waals surface area contributed by atoms with Crippen LogP contribution in [0.3, 0.4) is 0 Å². The summed E-state index contributed by atoms with van der Waals surface area (Å²) in [5, 5.41) is 0. The lowest BCUT2D eigenvalue weighted by atomic mass is 10.1. The fourth-order valence-electron chi connectivity index (χ4n) is 1.88. The Kier molecular flexibility index (Phi) is 4.76. The first kappa shape index (κ1) is 14.5. The van der Waals surface area contributed by atoms with Crippen molar-refractivity contribution in [1.29, 1.82) is 0 Å². The Bertz CT molecular complexity index is 389. The van der Waals surface area contributed by atoms with E-state index in [4.69, 9.17) is 0 Å². The van der Waals surface area contributed by atoms with Crippen molar-refractivity contribution >= 4 is 5.91 Å². The summed E-state index contributed by atoms with van der Waals surface area (Å²) in [7, 11) is 0. The molecule has 0 saturated carbocycles. The van der Waals surface area contributed by atoms with Crippen LogP contribution in [-0.2, 0) is 11.2 Å². The third-order valence-corrected chi connectivity index (χ3v) is 2.75. The van der Waals surface area contributed by atoms with Gasteiger partial charge in [-0.1, -0.05) is 30.3 Å². The van der Waals surface area contributed by atoms with E-state index in [1.54, 1.807) is 13.8 Å². The van der Waals surface area contributed by atoms with Crippen LogP contribution in [-0.4, -0.2) is 29.6 Å². The van der Waals surface area contributed by atoms with Gasteiger partial charge in [0.1, 0.15) is 0 Å². The minimum atomic E-state index is -4.80. The summed E-state index contributed by atoms with van der Waals surface area (Å²) in [4.78, 5) is 12.1. The van der Waals surface area contributed by atoms with Crippen molar-refractivity contribution in [3.05, 3.63) is 35.9 Å². The number of nitrogens with zero attached hydrogens (tertiary/aromatic N) is 1. The standard InChI is InChI=1S/C13H16F3NO/c1-3-17(12(18)13(14,15)16)10(2)9-11-7-5-4-6-8-11/h4-8,10H,3,9H2,1-2H3/t10-/m0/s1. The molecule has 0 aliphatic heterocycles. The first-order chi connectivity index (χ1) is 8.36. The van der Waals surface area contributed by atoms with Crippen LogP contribution in [0.4, 0.5) is 13.2 Å². The van der Waals surface area contributed by atoms with Gasteiger partial charge in [-0.3, -0.25) is 4.79 Å². The van der Waals surface area contributed by atoms with E-state index in [9.17, 15) is 18.0 Å². The molecule has 100 valence electrons. The van der Waals surface area contributed by atoms with E-state index >= 15 is 0 Å². The molecule has 1 rings (SSSR count). The smallest absolute Gasteiger partial charge is 0.332 e. The zero-order valence-electron chi connectivity index (χ0n) is 10.4. The highest BCUT2D eigenvalue weighted by Gasteiger charge is 2.43. The zero-order valence-corrected chi connectivity index (χ0v) is 10.4. The molecule has 18 heavy (non-hydrogen) atoms. The molecule has 0 aromatic heterocycles. The number of carbonyl (C=O) groups excluding carboxylic acids is 1. The number of likely N-dealkylation sites (N-methyl/N-ethyl adjacent to an activating group) is 1. The molecule has 0 radical (unpaired) electrons. The highest BCUT2D eigenvalue weighted by molar-refractivity contribution is 5.82. The van der Waals surface area contributed by atoms with E-state index in [-0.39, 0.29) is 6.54 Å². The van der Waals surface area contributed by atoms with E-state index < -0.39 is 18.1 Å². The molecule has 2 nitrogen and oxygen atoms in total. The van der Waals surface area contributed by atoms with Crippen molar-refractivity contribution < 1.29 is 18.0 Å². The Morgan fingerprint density at radius 3 is 2.28 bits per heavy atom. The van der Waals surface area contributed by atoms with Crippen molar-refractivity contribution in [1.82, 2.24) is 4.90 Å². The van der Waals surface area contributed by atoms with E-state index in [2.05, 4.69) is 0 Å². The number of hydrogen-bond acceptors (Lipinski definition) is 1. The zero-order chi connectivity index (χ0) is 13.8. The van der Waals surface area contributed by atoms with Gasteiger partial charge in [0, 0.05) is 12.6 Å². The molecule has 0 bridgehead atoms. The summed E-state index contributed by atoms with van der Waals surface area (Å²) in [6.07, 6.45) is -4.39. The Balaban J connectivity index is 2.75. The fraction of sp³-hybridized carbons (Fsp3) is 0.462. The molecule has 0 spiro atoms. The number of carbonyl (C=O) groups is 1. The van der Waals surface area contributed by atoms with Gasteiger partial charge >= 0.3 is 12.1 Å². The molecule has 5 heteroatoms. The minimum Gasteiger partial charge on any atom is -0.332 e. The topological polar surface area (TPSA) is 20.3 Å². The minimum absolute atomic E-state index is 0.0480. The highest BCUT2D eigenvalue weighted by Crippen LogP contribution is 2.21. The van der Waals surface area contributed by atoms with E-state index in [0.29, 0.717) is 6.42 Å². The third kappa shape index (κ3) is 3.75. The molecular weight excluding hydrogens is 243 g/mol. The SMILES string of the molecule is CCN(C(=O)C(F)(F)F)[C@@H](C)Cc1ccccc1. The summed E-state index contributed by atoms with van der Waals surface area (Å²) in [6.45, 7) is 3.22. The first-order valence-electron chi connectivity index (χ1n) is 5.78. The van der Waals surface area contributed by atoms with Crippen molar-refractivity contribution in [2.75, 3.05) is 6.54 Å². The molecule has 0 heterocycles. The van der Waals surface area contributed by atoms with Gasteiger partial charge in [0.05, 0.1) is 0 Å². The lowest BCUT2D eigenvalue weighted by Gasteiger charge is -2.28. The number of rotatable bonds is 4. The van der Waals surface area contributed by atoms with Gasteiger partial charge < -0.3 is 4.90 Å². The molecule has 1 aromatic rings. The average molecular weight is 259 g/mol. The van der Waals surface area contributed by atoms with E-state index in [1.165, 1.54) is 0 Å². The van der Waals surface area contributed by atoms with Crippen molar-refractivity contribution in [3.63, 3.8) is 0 Å². The van der Waals surface area contributed by atoms with Crippen molar-refractivity contribution in [2.24, 2.45) is 0 Å². The summed E-state index contributed by atoms with van der Waals surface area (Å²) in [6, 6.07) is 8.68. The van der Waals surface area contributed by atoms with E-state index in [0.717, 1.165) is 10.5 Å². The largest absolute Gasteiger partial charge is 0.471 e. The van der Waals surface area contributed by atoms with Crippen molar-refractivity contribution in [3.8, 4) is 0 Å². The summed E-state index contributed by atoms with van der Waals surface area (Å²) >= 11 is 0. The molecule has 1 aromatic carbocycles. The predicted octanol–water partition coefficient (Wildman–Crippen LogP) is 3.03. The number of amides is 1. The van der Waals surface area contributed by atoms with Gasteiger partial charge in [0.25, 0.3) is 0 Å². The van der Waals surface area contributed by atoms with Gasteiger partial charge in [-0.2, -0.15) is 13.2 Å². The van der Waals surface area contributed by atoms with Crippen LogP contribution in [0.1, 0.15) is 19.4 Å². The van der Waals surface area contributed by atoms with Crippen LogP contribution in [0.2, 0.25) is 0 Å². The quantitative estimate of drug-likeness (QED) is 0.814. The summed E-state index contributed by atoms with van der Waals surface area (Å²) < 4.78 is 37.2. The fourth-order valence-corrected chi connectivity index (χ4v) is 1.88. The maximum atomic E-state index is 12.4. The van der Waals surface area contributed by atoms with Gasteiger partial charge in [-0.25, -0.2) is 0 Å². The molecule has 0 N–H and O–H groups in total. The second-order valence-corrected chi connectivity index (χ2v) is 4.13. The molecule has 0 aliphatic rings. The molecule has 0 aliphatic carbocycles. The lowest BCUT2D eigenvalue weighted by molar-refractivity contribution is -0.187. The summed E-state index contributed by atoms with van der Waals surface area (Å²) in [5.74, 6) is -1.77. The molecule has 0 saturated heterocycles. The van der Waals surface area contributed by atoms with Gasteiger partial charge in [-0.05, 0) is 25.8 Å². The van der Waals surface area contributed by atoms with E-state index in [1.807, 2.05) is 30.3 Å². The average Bonchev–Trinajstić information content (AvgIpc) is 2.29. The Hall–Kier alpha value is -1.52. The molecule has 0 unspecified atom stereocenters. The van der Waals surface area contributed by atoms with Crippen molar-refractivity contribution in [2.45, 2.75) is 32.5 Å². The van der Waals surface area contributed by atoms with Crippen LogP contribution in [0.25, 0.3) is 0 Å². The van der Waals surface area contributed by atoms with Crippen LogP contribution < -0.4 is 0 Å². The molecular formula is C13H16F3NO. The third-order valence-electron chi connectivity index (χ3n) is 2.75. The van der Waals surface area contributed by atoms with Gasteiger partial charge in [-0.15, -0.1) is 0 Å². The van der Waals surface area contributed by atoms with Crippen LogP contribution in [0.15, 0.2) is 30.3 Å². The predicted molar refractivity (Wildman–Crippen MR) is 63.1 cm³/mol. The Morgan fingerprint density at radius 1 is 1.28 bits per heavy atom. The van der Waals surface area contributed by atoms with Gasteiger partial charge in [0.2, 0.25) is 0 Å². The number of alkyl halides is 3. The number of benzene rings is 1.